The second-order valence-electron chi connectivity index (χ2n) is 4.75. The molecule has 1 atom stereocenters. The molecule has 0 spiro atoms. The van der Waals surface area contributed by atoms with Crippen LogP contribution in [0.5, 0.6) is 0 Å². The van der Waals surface area contributed by atoms with Crippen LogP contribution in [0, 0.1) is 5.41 Å². The summed E-state index contributed by atoms with van der Waals surface area (Å²) < 4.78 is 0. The van der Waals surface area contributed by atoms with Gasteiger partial charge in [-0.1, -0.05) is 27.7 Å². The lowest BCUT2D eigenvalue weighted by molar-refractivity contribution is 0.291. The van der Waals surface area contributed by atoms with Gasteiger partial charge in [0.15, 0.2) is 0 Å². The summed E-state index contributed by atoms with van der Waals surface area (Å²) in [4.78, 5) is 2.93. The third kappa shape index (κ3) is 2.58. The van der Waals surface area contributed by atoms with Gasteiger partial charge in [0, 0.05) is 15.8 Å². The Balaban J connectivity index is 2.90. The Bertz CT molecular complexity index is 283. The molecule has 0 aliphatic rings. The van der Waals surface area contributed by atoms with E-state index in [4.69, 9.17) is 0 Å². The zero-order chi connectivity index (χ0) is 10.8. The van der Waals surface area contributed by atoms with Gasteiger partial charge in [-0.25, -0.2) is 0 Å². The number of nitrogens with one attached hydrogen (secondary N) is 1. The van der Waals surface area contributed by atoms with Crippen LogP contribution in [0.2, 0.25) is 0 Å². The van der Waals surface area contributed by atoms with Crippen molar-refractivity contribution >= 4 is 11.3 Å². The Hall–Kier alpha value is -0.340. The van der Waals surface area contributed by atoms with Crippen molar-refractivity contribution in [2.24, 2.45) is 5.41 Å². The molecular formula is C12H21NS. The Morgan fingerprint density at radius 2 is 2.00 bits per heavy atom. The highest BCUT2D eigenvalue weighted by Gasteiger charge is 2.25. The predicted octanol–water partition coefficient (Wildman–Crippen LogP) is 3.62. The van der Waals surface area contributed by atoms with Gasteiger partial charge in [-0.05, 0) is 31.0 Å². The van der Waals surface area contributed by atoms with Crippen LogP contribution < -0.4 is 5.32 Å². The summed E-state index contributed by atoms with van der Waals surface area (Å²) in [7, 11) is 2.04. The highest BCUT2D eigenvalue weighted by atomic mass is 32.1. The topological polar surface area (TPSA) is 12.0 Å². The van der Waals surface area contributed by atoms with Crippen LogP contribution >= 0.6 is 11.3 Å². The molecule has 0 amide bonds. The molecule has 1 aromatic rings. The number of rotatable bonds is 3. The van der Waals surface area contributed by atoms with Crippen molar-refractivity contribution in [2.75, 3.05) is 7.05 Å². The first-order valence-corrected chi connectivity index (χ1v) is 6.06. The maximum atomic E-state index is 3.41. The molecule has 0 radical (unpaired) electrons. The molecule has 0 saturated carbocycles. The molecule has 0 fully saturated rings. The van der Waals surface area contributed by atoms with Crippen LogP contribution in [-0.4, -0.2) is 7.05 Å². The summed E-state index contributed by atoms with van der Waals surface area (Å²) >= 11 is 1.93. The van der Waals surface area contributed by atoms with Crippen LogP contribution in [0.4, 0.5) is 0 Å². The summed E-state index contributed by atoms with van der Waals surface area (Å²) in [5.74, 6) is 0. The number of hydrogen-bond donors (Lipinski definition) is 1. The minimum Gasteiger partial charge on any atom is -0.312 e. The fraction of sp³-hybridized carbons (Fsp3) is 0.667. The van der Waals surface area contributed by atoms with Gasteiger partial charge in [0.05, 0.1) is 0 Å². The lowest BCUT2D eigenvalue weighted by Gasteiger charge is -2.29. The third-order valence-electron chi connectivity index (χ3n) is 2.47. The number of hydrogen-bond acceptors (Lipinski definition) is 2. The summed E-state index contributed by atoms with van der Waals surface area (Å²) in [6, 6.07) is 4.97. The monoisotopic (exact) mass is 211 g/mol. The molecule has 1 N–H and O–H groups in total. The molecule has 0 aromatic carbocycles. The highest BCUT2D eigenvalue weighted by molar-refractivity contribution is 7.12. The highest BCUT2D eigenvalue weighted by Crippen LogP contribution is 2.36. The molecule has 1 aromatic heterocycles. The average Bonchev–Trinajstić information content (AvgIpc) is 2.51. The first-order valence-electron chi connectivity index (χ1n) is 5.25. The Morgan fingerprint density at radius 3 is 2.36 bits per heavy atom. The fourth-order valence-corrected chi connectivity index (χ4v) is 3.05. The average molecular weight is 211 g/mol. The van der Waals surface area contributed by atoms with Gasteiger partial charge in [-0.15, -0.1) is 11.3 Å². The van der Waals surface area contributed by atoms with Crippen LogP contribution in [0.25, 0.3) is 0 Å². The lowest BCUT2D eigenvalue weighted by Crippen LogP contribution is -2.28. The van der Waals surface area contributed by atoms with Crippen molar-refractivity contribution in [3.8, 4) is 0 Å². The third-order valence-corrected chi connectivity index (χ3v) is 3.76. The minimum atomic E-state index is 0.282. The largest absolute Gasteiger partial charge is 0.312 e. The quantitative estimate of drug-likeness (QED) is 0.805. The van der Waals surface area contributed by atoms with E-state index < -0.39 is 0 Å². The van der Waals surface area contributed by atoms with E-state index in [9.17, 15) is 0 Å². The molecular weight excluding hydrogens is 190 g/mol. The first kappa shape index (κ1) is 11.7. The molecule has 80 valence electrons. The van der Waals surface area contributed by atoms with E-state index >= 15 is 0 Å². The minimum absolute atomic E-state index is 0.282. The van der Waals surface area contributed by atoms with Gasteiger partial charge in [0.25, 0.3) is 0 Å². The molecule has 1 nitrogen and oxygen atoms in total. The molecule has 1 heterocycles. The van der Waals surface area contributed by atoms with Gasteiger partial charge in [-0.2, -0.15) is 0 Å². The van der Waals surface area contributed by atoms with E-state index in [0.29, 0.717) is 6.04 Å². The molecule has 0 aliphatic carbocycles. The van der Waals surface area contributed by atoms with Gasteiger partial charge in [-0.3, -0.25) is 0 Å². The van der Waals surface area contributed by atoms with Gasteiger partial charge in [0.1, 0.15) is 0 Å². The Morgan fingerprint density at radius 1 is 1.36 bits per heavy atom. The predicted molar refractivity (Wildman–Crippen MR) is 65.0 cm³/mol. The molecule has 14 heavy (non-hydrogen) atoms. The zero-order valence-corrected chi connectivity index (χ0v) is 10.7. The van der Waals surface area contributed by atoms with Gasteiger partial charge >= 0.3 is 0 Å². The van der Waals surface area contributed by atoms with E-state index in [1.165, 1.54) is 9.75 Å². The molecule has 1 unspecified atom stereocenters. The van der Waals surface area contributed by atoms with E-state index in [2.05, 4.69) is 45.1 Å². The summed E-state index contributed by atoms with van der Waals surface area (Å²) in [5, 5.41) is 3.41. The van der Waals surface area contributed by atoms with Crippen molar-refractivity contribution in [2.45, 2.75) is 40.2 Å². The van der Waals surface area contributed by atoms with Crippen LogP contribution in [-0.2, 0) is 6.42 Å². The normalized spacial score (nSPS) is 14.4. The van der Waals surface area contributed by atoms with E-state index in [1.54, 1.807) is 0 Å². The Kier molecular flexibility index (Phi) is 3.73. The van der Waals surface area contributed by atoms with E-state index in [1.807, 2.05) is 18.4 Å². The molecule has 0 bridgehead atoms. The lowest BCUT2D eigenvalue weighted by atomic mass is 9.86. The molecule has 2 heteroatoms. The summed E-state index contributed by atoms with van der Waals surface area (Å²) in [5.41, 5.74) is 0.282. The van der Waals surface area contributed by atoms with Crippen molar-refractivity contribution in [1.82, 2.24) is 5.32 Å². The standard InChI is InChI=1S/C12H21NS/c1-6-9-7-8-10(14-9)11(13-5)12(2,3)4/h7-8,11,13H,6H2,1-5H3. The SMILES string of the molecule is CCc1ccc(C(NC)C(C)(C)C)s1. The van der Waals surface area contributed by atoms with Crippen molar-refractivity contribution in [1.29, 1.82) is 0 Å². The van der Waals surface area contributed by atoms with Crippen molar-refractivity contribution < 1.29 is 0 Å². The second-order valence-corrected chi connectivity index (χ2v) is 5.95. The van der Waals surface area contributed by atoms with Crippen molar-refractivity contribution in [3.63, 3.8) is 0 Å². The summed E-state index contributed by atoms with van der Waals surface area (Å²) in [6.07, 6.45) is 1.14. The zero-order valence-electron chi connectivity index (χ0n) is 9.85. The van der Waals surface area contributed by atoms with E-state index in [-0.39, 0.29) is 5.41 Å². The maximum absolute atomic E-state index is 3.41. The smallest absolute Gasteiger partial charge is 0.0461 e. The molecule has 0 aliphatic heterocycles. The van der Waals surface area contributed by atoms with Crippen molar-refractivity contribution in [3.05, 3.63) is 21.9 Å². The van der Waals surface area contributed by atoms with Crippen LogP contribution in [0.1, 0.15) is 43.5 Å². The maximum Gasteiger partial charge on any atom is 0.0461 e. The van der Waals surface area contributed by atoms with Crippen LogP contribution in [0.15, 0.2) is 12.1 Å². The summed E-state index contributed by atoms with van der Waals surface area (Å²) in [6.45, 7) is 9.04. The second kappa shape index (κ2) is 4.45. The molecule has 1 rings (SSSR count). The van der Waals surface area contributed by atoms with Gasteiger partial charge in [0.2, 0.25) is 0 Å². The number of thiophene rings is 1. The van der Waals surface area contributed by atoms with E-state index in [0.717, 1.165) is 6.42 Å². The molecule has 0 saturated heterocycles. The number of aryl methyl sites for hydroxylation is 1. The van der Waals surface area contributed by atoms with Crippen LogP contribution in [0.3, 0.4) is 0 Å². The first-order chi connectivity index (χ1) is 6.49. The van der Waals surface area contributed by atoms with Gasteiger partial charge < -0.3 is 5.32 Å². The fourth-order valence-electron chi connectivity index (χ4n) is 1.74. The Labute approximate surface area is 91.5 Å².